The van der Waals surface area contributed by atoms with Gasteiger partial charge in [-0.1, -0.05) is 33.6 Å². The minimum atomic E-state index is -1.01. The Balaban J connectivity index is 2.99. The molecule has 18 heavy (non-hydrogen) atoms. The minimum Gasteiger partial charge on any atom is -0.479 e. The molecule has 1 N–H and O–H groups in total. The van der Waals surface area contributed by atoms with E-state index >= 15 is 0 Å². The van der Waals surface area contributed by atoms with Gasteiger partial charge in [-0.3, -0.25) is 0 Å². The number of rotatable bonds is 8. The molecular formula is C12H22N4O2. The lowest BCUT2D eigenvalue weighted by atomic mass is 9.93. The number of hydrogen-bond acceptors (Lipinski definition) is 4. The molecule has 0 spiro atoms. The molecule has 102 valence electrons. The van der Waals surface area contributed by atoms with E-state index in [1.54, 1.807) is 0 Å². The zero-order chi connectivity index (χ0) is 13.6. The maximum absolute atomic E-state index is 11.5. The molecule has 0 bridgehead atoms. The number of aliphatic carboxylic acids is 1. The third-order valence-electron chi connectivity index (χ3n) is 3.51. The molecule has 0 saturated heterocycles. The van der Waals surface area contributed by atoms with E-state index in [4.69, 9.17) is 0 Å². The van der Waals surface area contributed by atoms with Crippen LogP contribution in [0, 0.1) is 0 Å². The van der Waals surface area contributed by atoms with Crippen molar-refractivity contribution in [2.45, 2.75) is 64.8 Å². The van der Waals surface area contributed by atoms with Crippen molar-refractivity contribution in [2.75, 3.05) is 0 Å². The van der Waals surface area contributed by atoms with Crippen LogP contribution in [-0.2, 0) is 16.8 Å². The van der Waals surface area contributed by atoms with Crippen LogP contribution in [0.2, 0.25) is 0 Å². The second kappa shape index (κ2) is 6.47. The van der Waals surface area contributed by atoms with Crippen molar-refractivity contribution < 1.29 is 9.90 Å². The molecule has 0 aliphatic heterocycles. The summed E-state index contributed by atoms with van der Waals surface area (Å²) >= 11 is 0. The standard InChI is InChI=1S/C12H22N4O2/c1-4-7-8-9-10-13-14-15-16(10)12(5-2,6-3)11(17)18/h4-9H2,1-3H3,(H,17,18). The first-order valence-electron chi connectivity index (χ1n) is 6.63. The van der Waals surface area contributed by atoms with Gasteiger partial charge in [0.1, 0.15) is 0 Å². The van der Waals surface area contributed by atoms with E-state index in [2.05, 4.69) is 22.4 Å². The molecule has 0 radical (unpaired) electrons. The fraction of sp³-hybridized carbons (Fsp3) is 0.833. The van der Waals surface area contributed by atoms with Crippen molar-refractivity contribution in [3.05, 3.63) is 5.82 Å². The van der Waals surface area contributed by atoms with Gasteiger partial charge in [-0.15, -0.1) is 5.10 Å². The lowest BCUT2D eigenvalue weighted by Gasteiger charge is -2.27. The summed E-state index contributed by atoms with van der Waals surface area (Å²) in [5, 5.41) is 21.0. The number of hydrogen-bond donors (Lipinski definition) is 1. The fourth-order valence-electron chi connectivity index (χ4n) is 2.17. The smallest absolute Gasteiger partial charge is 0.331 e. The summed E-state index contributed by atoms with van der Waals surface area (Å²) < 4.78 is 1.50. The van der Waals surface area contributed by atoms with Crippen LogP contribution in [0.5, 0.6) is 0 Å². The average molecular weight is 254 g/mol. The highest BCUT2D eigenvalue weighted by molar-refractivity contribution is 5.76. The van der Waals surface area contributed by atoms with Gasteiger partial charge >= 0.3 is 5.97 Å². The van der Waals surface area contributed by atoms with Crippen LogP contribution in [0.4, 0.5) is 0 Å². The topological polar surface area (TPSA) is 80.9 Å². The Bertz CT molecular complexity index is 385. The molecule has 0 unspecified atom stereocenters. The normalized spacial score (nSPS) is 11.7. The van der Waals surface area contributed by atoms with Crippen LogP contribution >= 0.6 is 0 Å². The van der Waals surface area contributed by atoms with Gasteiger partial charge in [-0.05, 0) is 29.7 Å². The maximum Gasteiger partial charge on any atom is 0.331 e. The van der Waals surface area contributed by atoms with Crippen LogP contribution in [-0.4, -0.2) is 31.3 Å². The Morgan fingerprint density at radius 1 is 1.28 bits per heavy atom. The predicted molar refractivity (Wildman–Crippen MR) is 67.2 cm³/mol. The van der Waals surface area contributed by atoms with Gasteiger partial charge in [-0.25, -0.2) is 9.48 Å². The molecule has 6 heteroatoms. The number of aryl methyl sites for hydroxylation is 1. The molecule has 0 fully saturated rings. The van der Waals surface area contributed by atoms with E-state index in [0.717, 1.165) is 25.7 Å². The second-order valence-electron chi connectivity index (χ2n) is 4.51. The van der Waals surface area contributed by atoms with Gasteiger partial charge in [0.15, 0.2) is 11.4 Å². The highest BCUT2D eigenvalue weighted by Gasteiger charge is 2.40. The molecule has 1 aromatic heterocycles. The van der Waals surface area contributed by atoms with E-state index in [0.29, 0.717) is 18.7 Å². The molecule has 0 saturated carbocycles. The highest BCUT2D eigenvalue weighted by Crippen LogP contribution is 2.26. The van der Waals surface area contributed by atoms with Crippen molar-refractivity contribution in [3.63, 3.8) is 0 Å². The number of tetrazole rings is 1. The second-order valence-corrected chi connectivity index (χ2v) is 4.51. The number of aromatic nitrogens is 4. The Labute approximate surface area is 107 Å². The molecule has 0 amide bonds. The number of carbonyl (C=O) groups is 1. The third-order valence-corrected chi connectivity index (χ3v) is 3.51. The van der Waals surface area contributed by atoms with E-state index in [-0.39, 0.29) is 0 Å². The van der Waals surface area contributed by atoms with Gasteiger partial charge in [0.05, 0.1) is 0 Å². The molecule has 0 atom stereocenters. The maximum atomic E-state index is 11.5. The Kier molecular flexibility index (Phi) is 5.25. The van der Waals surface area contributed by atoms with Crippen molar-refractivity contribution in [1.29, 1.82) is 0 Å². The van der Waals surface area contributed by atoms with E-state index in [9.17, 15) is 9.90 Å². The van der Waals surface area contributed by atoms with Crippen molar-refractivity contribution in [2.24, 2.45) is 0 Å². The monoisotopic (exact) mass is 254 g/mol. The largest absolute Gasteiger partial charge is 0.479 e. The first-order chi connectivity index (χ1) is 8.62. The lowest BCUT2D eigenvalue weighted by Crippen LogP contribution is -2.42. The van der Waals surface area contributed by atoms with E-state index < -0.39 is 11.5 Å². The molecule has 1 rings (SSSR count). The SMILES string of the molecule is CCCCCc1nnnn1C(CC)(CC)C(=O)O. The quantitative estimate of drug-likeness (QED) is 0.718. The zero-order valence-corrected chi connectivity index (χ0v) is 11.4. The zero-order valence-electron chi connectivity index (χ0n) is 11.4. The van der Waals surface area contributed by atoms with Gasteiger partial charge in [0.2, 0.25) is 0 Å². The van der Waals surface area contributed by atoms with Crippen molar-refractivity contribution in [1.82, 2.24) is 20.2 Å². The average Bonchev–Trinajstić information content (AvgIpc) is 2.81. The molecule has 1 heterocycles. The number of carboxylic acids is 1. The highest BCUT2D eigenvalue weighted by atomic mass is 16.4. The summed E-state index contributed by atoms with van der Waals surface area (Å²) in [6.45, 7) is 5.84. The lowest BCUT2D eigenvalue weighted by molar-refractivity contribution is -0.148. The summed E-state index contributed by atoms with van der Waals surface area (Å²) in [5.41, 5.74) is -1.01. The fourth-order valence-corrected chi connectivity index (χ4v) is 2.17. The van der Waals surface area contributed by atoms with E-state index in [1.807, 2.05) is 13.8 Å². The van der Waals surface area contributed by atoms with Crippen LogP contribution in [0.15, 0.2) is 0 Å². The van der Waals surface area contributed by atoms with Crippen molar-refractivity contribution in [3.8, 4) is 0 Å². The van der Waals surface area contributed by atoms with Gasteiger partial charge in [0, 0.05) is 6.42 Å². The number of carboxylic acid groups (broad SMARTS) is 1. The Morgan fingerprint density at radius 2 is 1.94 bits per heavy atom. The molecule has 0 aromatic carbocycles. The van der Waals surface area contributed by atoms with Crippen LogP contribution in [0.3, 0.4) is 0 Å². The summed E-state index contributed by atoms with van der Waals surface area (Å²) in [6.07, 6.45) is 4.89. The molecule has 1 aromatic rings. The summed E-state index contributed by atoms with van der Waals surface area (Å²) in [6, 6.07) is 0. The number of unbranched alkanes of at least 4 members (excludes halogenated alkanes) is 2. The minimum absolute atomic E-state index is 0.477. The Morgan fingerprint density at radius 3 is 2.44 bits per heavy atom. The van der Waals surface area contributed by atoms with Gasteiger partial charge < -0.3 is 5.11 Å². The van der Waals surface area contributed by atoms with Gasteiger partial charge in [0.25, 0.3) is 0 Å². The van der Waals surface area contributed by atoms with Crippen LogP contribution in [0.1, 0.15) is 58.7 Å². The predicted octanol–water partition coefficient (Wildman–Crippen LogP) is 2.01. The molecular weight excluding hydrogens is 232 g/mol. The third kappa shape index (κ3) is 2.68. The summed E-state index contributed by atoms with van der Waals surface area (Å²) in [4.78, 5) is 11.5. The van der Waals surface area contributed by atoms with Crippen molar-refractivity contribution >= 4 is 5.97 Å². The first-order valence-corrected chi connectivity index (χ1v) is 6.63. The molecule has 6 nitrogen and oxygen atoms in total. The Hall–Kier alpha value is -1.46. The van der Waals surface area contributed by atoms with Gasteiger partial charge in [-0.2, -0.15) is 0 Å². The molecule has 0 aliphatic carbocycles. The van der Waals surface area contributed by atoms with Crippen LogP contribution < -0.4 is 0 Å². The van der Waals surface area contributed by atoms with E-state index in [1.165, 1.54) is 4.68 Å². The van der Waals surface area contributed by atoms with Crippen LogP contribution in [0.25, 0.3) is 0 Å². The first kappa shape index (κ1) is 14.6. The molecule has 0 aliphatic rings. The summed E-state index contributed by atoms with van der Waals surface area (Å²) in [5.74, 6) is -0.189. The summed E-state index contributed by atoms with van der Waals surface area (Å²) in [7, 11) is 0. The number of nitrogens with zero attached hydrogens (tertiary/aromatic N) is 4.